The van der Waals surface area contributed by atoms with Gasteiger partial charge in [-0.25, -0.2) is 18.4 Å². The number of rotatable bonds is 6. The number of alkyl halides is 2. The molecule has 2 aromatic rings. The van der Waals surface area contributed by atoms with Crippen LogP contribution < -0.4 is 15.4 Å². The molecule has 10 heteroatoms. The number of amides is 1. The Kier molecular flexibility index (Phi) is 5.71. The number of nitrogens with zero attached hydrogens (tertiary/aromatic N) is 4. The highest BCUT2D eigenvalue weighted by molar-refractivity contribution is 6.01. The molecular formula is C16H20F2N6O2. The zero-order chi connectivity index (χ0) is 18.5. The summed E-state index contributed by atoms with van der Waals surface area (Å²) in [7, 11) is 1.70. The van der Waals surface area contributed by atoms with E-state index in [0.29, 0.717) is 11.8 Å². The Labute approximate surface area is 149 Å². The fourth-order valence-electron chi connectivity index (χ4n) is 2.70. The van der Waals surface area contributed by atoms with Crippen LogP contribution in [0.1, 0.15) is 35.1 Å². The third-order valence-corrected chi connectivity index (χ3v) is 4.02. The quantitative estimate of drug-likeness (QED) is 0.806. The minimum absolute atomic E-state index is 0.0358. The number of piperidine rings is 1. The van der Waals surface area contributed by atoms with Crippen molar-refractivity contribution in [3.05, 3.63) is 29.7 Å². The lowest BCUT2D eigenvalue weighted by atomic mass is 9.98. The number of carbonyl (C=O) groups excluding carboxylic acids is 1. The molecule has 0 atom stereocenters. The van der Waals surface area contributed by atoms with Crippen LogP contribution in [0.25, 0.3) is 0 Å². The Morgan fingerprint density at radius 3 is 2.88 bits per heavy atom. The van der Waals surface area contributed by atoms with Gasteiger partial charge in [0.2, 0.25) is 11.8 Å². The number of pyridine rings is 1. The van der Waals surface area contributed by atoms with E-state index < -0.39 is 18.9 Å². The zero-order valence-corrected chi connectivity index (χ0v) is 14.3. The molecule has 1 aliphatic rings. The van der Waals surface area contributed by atoms with Crippen molar-refractivity contribution in [3.63, 3.8) is 0 Å². The molecule has 0 radical (unpaired) electrons. The molecule has 26 heavy (non-hydrogen) atoms. The summed E-state index contributed by atoms with van der Waals surface area (Å²) in [6, 6.07) is 4.39. The van der Waals surface area contributed by atoms with Gasteiger partial charge in [-0.3, -0.25) is 10.1 Å². The number of hydrogen-bond acceptors (Lipinski definition) is 6. The van der Waals surface area contributed by atoms with Gasteiger partial charge >= 0.3 is 0 Å². The monoisotopic (exact) mass is 366 g/mol. The predicted molar refractivity (Wildman–Crippen MR) is 89.5 cm³/mol. The minimum Gasteiger partial charge on any atom is -0.472 e. The first kappa shape index (κ1) is 18.2. The molecule has 3 rings (SSSR count). The molecule has 0 saturated carbocycles. The van der Waals surface area contributed by atoms with Crippen LogP contribution in [-0.2, 0) is 7.05 Å². The molecule has 1 amide bonds. The van der Waals surface area contributed by atoms with E-state index in [0.717, 1.165) is 25.9 Å². The average molecular weight is 366 g/mol. The second-order valence-corrected chi connectivity index (χ2v) is 5.96. The molecule has 1 fully saturated rings. The fourth-order valence-corrected chi connectivity index (χ4v) is 2.70. The molecule has 2 aromatic heterocycles. The molecule has 140 valence electrons. The van der Waals surface area contributed by atoms with Gasteiger partial charge in [-0.2, -0.15) is 10.1 Å². The molecule has 3 heterocycles. The molecule has 0 bridgehead atoms. The van der Waals surface area contributed by atoms with Gasteiger partial charge in [-0.1, -0.05) is 6.07 Å². The van der Waals surface area contributed by atoms with Crippen LogP contribution in [0.3, 0.4) is 0 Å². The van der Waals surface area contributed by atoms with E-state index in [1.807, 2.05) is 0 Å². The van der Waals surface area contributed by atoms with E-state index in [2.05, 4.69) is 25.7 Å². The molecule has 8 nitrogen and oxygen atoms in total. The smallest absolute Gasteiger partial charge is 0.276 e. The van der Waals surface area contributed by atoms with E-state index in [9.17, 15) is 13.6 Å². The van der Waals surface area contributed by atoms with Gasteiger partial charge in [0.15, 0.2) is 12.4 Å². The summed E-state index contributed by atoms with van der Waals surface area (Å²) >= 11 is 0. The SMILES string of the molecule is Cn1nc(C2CCNCC2)nc1NC(=O)c1cccc(OCC(F)F)n1. The number of halogens is 2. The number of nitrogens with one attached hydrogen (secondary N) is 2. The van der Waals surface area contributed by atoms with Crippen molar-refractivity contribution in [1.82, 2.24) is 25.1 Å². The maximum Gasteiger partial charge on any atom is 0.276 e. The van der Waals surface area contributed by atoms with E-state index >= 15 is 0 Å². The first-order valence-corrected chi connectivity index (χ1v) is 8.34. The van der Waals surface area contributed by atoms with E-state index in [-0.39, 0.29) is 17.5 Å². The highest BCUT2D eigenvalue weighted by Gasteiger charge is 2.22. The van der Waals surface area contributed by atoms with Crippen molar-refractivity contribution >= 4 is 11.9 Å². The number of aromatic nitrogens is 4. The number of carbonyl (C=O) groups is 1. The summed E-state index contributed by atoms with van der Waals surface area (Å²) in [5.74, 6) is 0.721. The summed E-state index contributed by atoms with van der Waals surface area (Å²) in [5, 5.41) is 10.3. The number of aryl methyl sites for hydroxylation is 1. The molecule has 0 spiro atoms. The van der Waals surface area contributed by atoms with Gasteiger partial charge in [0.25, 0.3) is 12.3 Å². The third-order valence-electron chi connectivity index (χ3n) is 4.02. The molecule has 0 aromatic carbocycles. The van der Waals surface area contributed by atoms with Gasteiger partial charge in [0.1, 0.15) is 5.69 Å². The Balaban J connectivity index is 1.68. The lowest BCUT2D eigenvalue weighted by molar-refractivity contribution is 0.0794. The maximum absolute atomic E-state index is 12.4. The Morgan fingerprint density at radius 1 is 1.38 bits per heavy atom. The maximum atomic E-state index is 12.4. The van der Waals surface area contributed by atoms with E-state index in [1.54, 1.807) is 7.05 Å². The van der Waals surface area contributed by atoms with Crippen molar-refractivity contribution in [2.75, 3.05) is 25.0 Å². The fraction of sp³-hybridized carbons (Fsp3) is 0.500. The number of hydrogen-bond donors (Lipinski definition) is 2. The van der Waals surface area contributed by atoms with Crippen molar-refractivity contribution in [2.24, 2.45) is 7.05 Å². The van der Waals surface area contributed by atoms with Gasteiger partial charge in [-0.15, -0.1) is 0 Å². The highest BCUT2D eigenvalue weighted by Crippen LogP contribution is 2.23. The molecule has 2 N–H and O–H groups in total. The summed E-state index contributed by atoms with van der Waals surface area (Å²) in [4.78, 5) is 20.7. The summed E-state index contributed by atoms with van der Waals surface area (Å²) in [6.07, 6.45) is -0.716. The lowest BCUT2D eigenvalue weighted by Gasteiger charge is -2.19. The van der Waals surface area contributed by atoms with Crippen molar-refractivity contribution in [3.8, 4) is 5.88 Å². The second kappa shape index (κ2) is 8.17. The Bertz CT molecular complexity index is 761. The summed E-state index contributed by atoms with van der Waals surface area (Å²) in [5.41, 5.74) is 0.0446. The molecule has 0 unspecified atom stereocenters. The van der Waals surface area contributed by atoms with Gasteiger partial charge in [0.05, 0.1) is 0 Å². The first-order valence-electron chi connectivity index (χ1n) is 8.34. The topological polar surface area (TPSA) is 94.0 Å². The van der Waals surface area contributed by atoms with E-state index in [1.165, 1.54) is 22.9 Å². The highest BCUT2D eigenvalue weighted by atomic mass is 19.3. The molecule has 1 aliphatic heterocycles. The van der Waals surface area contributed by atoms with Crippen LogP contribution in [0, 0.1) is 0 Å². The molecular weight excluding hydrogens is 346 g/mol. The summed E-state index contributed by atoms with van der Waals surface area (Å²) < 4.78 is 30.8. The molecule has 1 saturated heterocycles. The second-order valence-electron chi connectivity index (χ2n) is 5.96. The number of anilines is 1. The van der Waals surface area contributed by atoms with E-state index in [4.69, 9.17) is 4.74 Å². The van der Waals surface area contributed by atoms with Gasteiger partial charge in [-0.05, 0) is 32.0 Å². The lowest BCUT2D eigenvalue weighted by Crippen LogP contribution is -2.27. The number of ether oxygens (including phenoxy) is 1. The predicted octanol–water partition coefficient (Wildman–Crippen LogP) is 1.57. The van der Waals surface area contributed by atoms with Gasteiger partial charge < -0.3 is 10.1 Å². The first-order chi connectivity index (χ1) is 12.5. The van der Waals surface area contributed by atoms with Crippen LogP contribution >= 0.6 is 0 Å². The van der Waals surface area contributed by atoms with Crippen LogP contribution in [-0.4, -0.2) is 51.8 Å². The minimum atomic E-state index is -2.61. The van der Waals surface area contributed by atoms with Crippen molar-refractivity contribution in [1.29, 1.82) is 0 Å². The normalized spacial score (nSPS) is 15.2. The van der Waals surface area contributed by atoms with Crippen LogP contribution in [0.2, 0.25) is 0 Å². The third kappa shape index (κ3) is 4.51. The Hall–Kier alpha value is -2.62. The molecule has 0 aliphatic carbocycles. The zero-order valence-electron chi connectivity index (χ0n) is 14.3. The van der Waals surface area contributed by atoms with Crippen LogP contribution in [0.4, 0.5) is 14.7 Å². The van der Waals surface area contributed by atoms with Crippen molar-refractivity contribution < 1.29 is 18.3 Å². The average Bonchev–Trinajstić information content (AvgIpc) is 3.01. The largest absolute Gasteiger partial charge is 0.472 e. The van der Waals surface area contributed by atoms with Crippen LogP contribution in [0.5, 0.6) is 5.88 Å². The summed E-state index contributed by atoms with van der Waals surface area (Å²) in [6.45, 7) is 1.06. The van der Waals surface area contributed by atoms with Crippen molar-refractivity contribution in [2.45, 2.75) is 25.2 Å². The van der Waals surface area contributed by atoms with Crippen LogP contribution in [0.15, 0.2) is 18.2 Å². The standard InChI is InChI=1S/C16H20F2N6O2/c1-24-16(21-14(23-24)10-5-7-19-8-6-10)22-15(25)11-3-2-4-13(20-11)26-9-12(17)18/h2-4,10,12,19H,5-9H2,1H3,(H,21,22,23,25). The Morgan fingerprint density at radius 2 is 2.15 bits per heavy atom. The van der Waals surface area contributed by atoms with Gasteiger partial charge in [0, 0.05) is 19.0 Å².